The highest BCUT2D eigenvalue weighted by Crippen LogP contribution is 2.37. The Bertz CT molecular complexity index is 432. The smallest absolute Gasteiger partial charge is 0.238 e. The minimum Gasteiger partial charge on any atom is -0.255 e. The highest BCUT2D eigenvalue weighted by Gasteiger charge is 2.26. The van der Waals surface area contributed by atoms with E-state index in [4.69, 9.17) is 11.6 Å². The van der Waals surface area contributed by atoms with Gasteiger partial charge < -0.3 is 0 Å². The van der Waals surface area contributed by atoms with Crippen LogP contribution in [0.1, 0.15) is 31.4 Å². The van der Waals surface area contributed by atoms with Crippen LogP contribution in [0.5, 0.6) is 0 Å². The highest BCUT2D eigenvalue weighted by molar-refractivity contribution is 6.29. The number of aliphatic imine (C=N–C) groups is 1. The molecule has 2 heterocycles. The summed E-state index contributed by atoms with van der Waals surface area (Å²) in [7, 11) is 0. The van der Waals surface area contributed by atoms with Gasteiger partial charge in [0.1, 0.15) is 5.15 Å². The number of alkyl halides is 2. The number of hydrogen-bond donors (Lipinski definition) is 0. The molecule has 0 saturated carbocycles. The van der Waals surface area contributed by atoms with Crippen LogP contribution < -0.4 is 0 Å². The fourth-order valence-corrected chi connectivity index (χ4v) is 2.05. The van der Waals surface area contributed by atoms with Crippen LogP contribution in [0.15, 0.2) is 17.1 Å². The molecule has 0 spiro atoms. The van der Waals surface area contributed by atoms with E-state index in [1.807, 2.05) is 6.92 Å². The number of pyridine rings is 1. The van der Waals surface area contributed by atoms with Gasteiger partial charge in [-0.15, -0.1) is 0 Å². The van der Waals surface area contributed by atoms with Crippen LogP contribution in [0.4, 0.5) is 14.5 Å². The summed E-state index contributed by atoms with van der Waals surface area (Å²) < 4.78 is 24.4. The predicted octanol–water partition coefficient (Wildman–Crippen LogP) is 3.97. The second kappa shape index (κ2) is 4.45. The molecule has 0 saturated heterocycles. The average molecular weight is 245 g/mol. The first-order chi connectivity index (χ1) is 7.58. The lowest BCUT2D eigenvalue weighted by Crippen LogP contribution is -2.08. The Labute approximate surface area is 97.4 Å². The van der Waals surface area contributed by atoms with E-state index in [1.165, 1.54) is 0 Å². The summed E-state index contributed by atoms with van der Waals surface area (Å²) in [5.74, 6) is -0.109. The highest BCUT2D eigenvalue weighted by atomic mass is 35.5. The first kappa shape index (κ1) is 11.5. The predicted molar refractivity (Wildman–Crippen MR) is 60.0 cm³/mol. The van der Waals surface area contributed by atoms with Crippen molar-refractivity contribution in [3.63, 3.8) is 0 Å². The van der Waals surface area contributed by atoms with E-state index in [0.29, 0.717) is 11.6 Å². The second-order valence-corrected chi connectivity index (χ2v) is 4.20. The number of aromatic nitrogens is 1. The van der Waals surface area contributed by atoms with Gasteiger partial charge in [0.25, 0.3) is 0 Å². The molecule has 1 atom stereocenters. The van der Waals surface area contributed by atoms with Gasteiger partial charge in [0.2, 0.25) is 6.43 Å². The number of fused-ring (bicyclic) bond motifs is 1. The van der Waals surface area contributed by atoms with Crippen molar-refractivity contribution >= 4 is 23.0 Å². The maximum absolute atomic E-state index is 12.2. The standard InChI is InChI=1S/C11H11ClF2N2/c1-6-7(2-5-10(13)14)11-8(15-6)3-4-9(12)16-11/h3-4,7,10H,2,5H2,1H3. The molecule has 0 aliphatic carbocycles. The maximum atomic E-state index is 12.2. The van der Waals surface area contributed by atoms with E-state index >= 15 is 0 Å². The number of rotatable bonds is 3. The lowest BCUT2D eigenvalue weighted by molar-refractivity contribution is 0.134. The van der Waals surface area contributed by atoms with Gasteiger partial charge in [0.15, 0.2) is 0 Å². The Morgan fingerprint density at radius 3 is 2.88 bits per heavy atom. The third kappa shape index (κ3) is 2.21. The first-order valence-electron chi connectivity index (χ1n) is 5.07. The Kier molecular flexibility index (Phi) is 3.19. The lowest BCUT2D eigenvalue weighted by Gasteiger charge is -2.10. The van der Waals surface area contributed by atoms with Crippen molar-refractivity contribution in [2.45, 2.75) is 32.1 Å². The molecule has 1 aromatic heterocycles. The number of nitrogens with zero attached hydrogens (tertiary/aromatic N) is 2. The summed E-state index contributed by atoms with van der Waals surface area (Å²) >= 11 is 5.79. The SMILES string of the molecule is CC1=Nc2ccc(Cl)nc2C1CCC(F)F. The van der Waals surface area contributed by atoms with E-state index in [1.54, 1.807) is 12.1 Å². The molecular weight excluding hydrogens is 234 g/mol. The average Bonchev–Trinajstić information content (AvgIpc) is 2.51. The van der Waals surface area contributed by atoms with Gasteiger partial charge in [-0.3, -0.25) is 4.99 Å². The normalized spacial score (nSPS) is 18.8. The van der Waals surface area contributed by atoms with Crippen molar-refractivity contribution in [2.75, 3.05) is 0 Å². The molecule has 1 aliphatic rings. The van der Waals surface area contributed by atoms with Crippen molar-refractivity contribution < 1.29 is 8.78 Å². The summed E-state index contributed by atoms with van der Waals surface area (Å²) in [5.41, 5.74) is 2.32. The number of halogens is 3. The first-order valence-corrected chi connectivity index (χ1v) is 5.45. The summed E-state index contributed by atoms with van der Waals surface area (Å²) in [4.78, 5) is 8.47. The van der Waals surface area contributed by atoms with Gasteiger partial charge in [-0.2, -0.15) is 0 Å². The molecule has 0 amide bonds. The van der Waals surface area contributed by atoms with Gasteiger partial charge in [0.05, 0.1) is 11.4 Å². The fraction of sp³-hybridized carbons (Fsp3) is 0.455. The molecule has 2 nitrogen and oxygen atoms in total. The molecule has 0 fully saturated rings. The van der Waals surface area contributed by atoms with E-state index in [0.717, 1.165) is 17.1 Å². The molecule has 16 heavy (non-hydrogen) atoms. The summed E-state index contributed by atoms with van der Waals surface area (Å²) in [6.07, 6.45) is -2.05. The van der Waals surface area contributed by atoms with Crippen molar-refractivity contribution in [1.29, 1.82) is 0 Å². The Balaban J connectivity index is 2.22. The zero-order valence-corrected chi connectivity index (χ0v) is 9.51. The Hall–Kier alpha value is -1.03. The fourth-order valence-electron chi connectivity index (χ4n) is 1.90. The van der Waals surface area contributed by atoms with E-state index < -0.39 is 6.43 Å². The minimum absolute atomic E-state index is 0.109. The van der Waals surface area contributed by atoms with Gasteiger partial charge in [-0.05, 0) is 25.5 Å². The molecule has 1 unspecified atom stereocenters. The van der Waals surface area contributed by atoms with Crippen LogP contribution in [0.3, 0.4) is 0 Å². The molecule has 1 aliphatic heterocycles. The monoisotopic (exact) mass is 244 g/mol. The van der Waals surface area contributed by atoms with Crippen LogP contribution >= 0.6 is 11.6 Å². The van der Waals surface area contributed by atoms with Crippen molar-refractivity contribution in [3.8, 4) is 0 Å². The van der Waals surface area contributed by atoms with Crippen molar-refractivity contribution in [2.24, 2.45) is 4.99 Å². The zero-order chi connectivity index (χ0) is 11.7. The molecule has 5 heteroatoms. The van der Waals surface area contributed by atoms with E-state index in [-0.39, 0.29) is 12.3 Å². The van der Waals surface area contributed by atoms with Gasteiger partial charge in [-0.1, -0.05) is 11.6 Å². The van der Waals surface area contributed by atoms with Crippen LogP contribution in [0.2, 0.25) is 5.15 Å². The summed E-state index contributed by atoms with van der Waals surface area (Å²) in [6.45, 7) is 1.84. The van der Waals surface area contributed by atoms with Crippen LogP contribution in [-0.2, 0) is 0 Å². The Morgan fingerprint density at radius 2 is 2.19 bits per heavy atom. The van der Waals surface area contributed by atoms with Gasteiger partial charge in [-0.25, -0.2) is 13.8 Å². The molecule has 86 valence electrons. The van der Waals surface area contributed by atoms with Crippen LogP contribution in [0.25, 0.3) is 0 Å². The van der Waals surface area contributed by atoms with Gasteiger partial charge >= 0.3 is 0 Å². The molecule has 0 radical (unpaired) electrons. The quantitative estimate of drug-likeness (QED) is 0.739. The Morgan fingerprint density at radius 1 is 1.44 bits per heavy atom. The summed E-state index contributed by atoms with van der Waals surface area (Å²) in [6, 6.07) is 3.43. The third-order valence-electron chi connectivity index (χ3n) is 2.67. The molecule has 0 aromatic carbocycles. The molecule has 0 N–H and O–H groups in total. The van der Waals surface area contributed by atoms with Crippen LogP contribution in [0, 0.1) is 0 Å². The minimum atomic E-state index is -2.28. The molecule has 1 aromatic rings. The maximum Gasteiger partial charge on any atom is 0.238 e. The molecule has 2 rings (SSSR count). The molecular formula is C11H11ClF2N2. The van der Waals surface area contributed by atoms with Crippen LogP contribution in [-0.4, -0.2) is 17.1 Å². The second-order valence-electron chi connectivity index (χ2n) is 3.81. The van der Waals surface area contributed by atoms with Gasteiger partial charge in [0, 0.05) is 18.1 Å². The van der Waals surface area contributed by atoms with E-state index in [9.17, 15) is 8.78 Å². The number of hydrogen-bond acceptors (Lipinski definition) is 2. The third-order valence-corrected chi connectivity index (χ3v) is 2.88. The van der Waals surface area contributed by atoms with E-state index in [2.05, 4.69) is 9.98 Å². The lowest BCUT2D eigenvalue weighted by atomic mass is 9.96. The van der Waals surface area contributed by atoms with Crippen molar-refractivity contribution in [3.05, 3.63) is 23.0 Å². The summed E-state index contributed by atoms with van der Waals surface area (Å²) in [5, 5.41) is 0.380. The largest absolute Gasteiger partial charge is 0.255 e. The topological polar surface area (TPSA) is 25.2 Å². The zero-order valence-electron chi connectivity index (χ0n) is 8.75. The van der Waals surface area contributed by atoms with Crippen molar-refractivity contribution in [1.82, 2.24) is 4.98 Å². The molecule has 0 bridgehead atoms.